The molecule has 1 saturated heterocycles. The van der Waals surface area contributed by atoms with Crippen LogP contribution in [0.4, 0.5) is 5.69 Å². The zero-order valence-electron chi connectivity index (χ0n) is 19.5. The molecule has 1 fully saturated rings. The minimum absolute atomic E-state index is 0.0633. The Kier molecular flexibility index (Phi) is 8.34. The molecule has 1 aromatic carbocycles. The molecule has 0 aliphatic carbocycles. The molecule has 0 saturated carbocycles. The molecule has 2 aliphatic rings. The summed E-state index contributed by atoms with van der Waals surface area (Å²) in [6.45, 7) is 8.16. The number of aliphatic imine (C=N–C) groups is 1. The smallest absolute Gasteiger partial charge is 0.262 e. The maximum atomic E-state index is 12.9. The number of rotatable bonds is 7. The Hall–Kier alpha value is -2.35. The van der Waals surface area contributed by atoms with Crippen LogP contribution in [0.1, 0.15) is 63.2 Å². The lowest BCUT2D eigenvalue weighted by Crippen LogP contribution is -2.35. The van der Waals surface area contributed by atoms with Crippen molar-refractivity contribution >= 4 is 40.3 Å². The number of benzene rings is 1. The van der Waals surface area contributed by atoms with Crippen LogP contribution in [0.3, 0.4) is 0 Å². The second-order valence-electron chi connectivity index (χ2n) is 9.11. The van der Waals surface area contributed by atoms with Gasteiger partial charge in [0.1, 0.15) is 5.25 Å². The van der Waals surface area contributed by atoms with E-state index in [1.165, 1.54) is 18.2 Å². The molecule has 3 rings (SSSR count). The van der Waals surface area contributed by atoms with E-state index >= 15 is 0 Å². The molecule has 1 N–H and O–H groups in total. The van der Waals surface area contributed by atoms with Crippen LogP contribution in [0.25, 0.3) is 0 Å². The molecule has 7 nitrogen and oxygen atoms in total. The molecule has 8 heteroatoms. The SMILES string of the molecule is CC(C)CC(C)N(C)C(=O)c1cccc(NC(=O)CC2SC(N3CCCCC3)=NC2=O)c1. The van der Waals surface area contributed by atoms with Gasteiger partial charge in [-0.05, 0) is 56.7 Å². The molecule has 174 valence electrons. The molecule has 2 aliphatic heterocycles. The molecule has 2 atom stereocenters. The number of nitrogens with zero attached hydrogens (tertiary/aromatic N) is 3. The number of piperidine rings is 1. The Balaban J connectivity index is 1.55. The fraction of sp³-hybridized carbons (Fsp3) is 0.583. The molecule has 0 spiro atoms. The average molecular weight is 459 g/mol. The molecule has 32 heavy (non-hydrogen) atoms. The number of carbonyl (C=O) groups excluding carboxylic acids is 3. The average Bonchev–Trinajstić information content (AvgIpc) is 3.13. The van der Waals surface area contributed by atoms with Crippen molar-refractivity contribution in [3.05, 3.63) is 29.8 Å². The minimum atomic E-state index is -0.486. The first kappa shape index (κ1) is 24.3. The predicted octanol–water partition coefficient (Wildman–Crippen LogP) is 4.01. The van der Waals surface area contributed by atoms with E-state index in [1.54, 1.807) is 29.2 Å². The number of amides is 3. The largest absolute Gasteiger partial charge is 0.351 e. The van der Waals surface area contributed by atoms with Gasteiger partial charge in [-0.1, -0.05) is 31.7 Å². The van der Waals surface area contributed by atoms with Gasteiger partial charge in [0.05, 0.1) is 0 Å². The van der Waals surface area contributed by atoms with Crippen molar-refractivity contribution in [3.63, 3.8) is 0 Å². The molecule has 0 aromatic heterocycles. The molecule has 2 heterocycles. The summed E-state index contributed by atoms with van der Waals surface area (Å²) in [5, 5.41) is 3.10. The Labute approximate surface area is 195 Å². The highest BCUT2D eigenvalue weighted by atomic mass is 32.2. The molecule has 0 radical (unpaired) electrons. The monoisotopic (exact) mass is 458 g/mol. The number of hydrogen-bond acceptors (Lipinski definition) is 5. The quantitative estimate of drug-likeness (QED) is 0.668. The van der Waals surface area contributed by atoms with E-state index in [4.69, 9.17) is 0 Å². The van der Waals surface area contributed by atoms with E-state index in [9.17, 15) is 14.4 Å². The maximum absolute atomic E-state index is 12.9. The standard InChI is InChI=1S/C24H34N4O3S/c1-16(2)13-17(3)27(4)23(31)18-9-8-10-19(14-18)25-21(29)15-20-22(30)26-24(32-20)28-11-6-5-7-12-28/h8-10,14,16-17,20H,5-7,11-13,15H2,1-4H3,(H,25,29). The van der Waals surface area contributed by atoms with E-state index in [-0.39, 0.29) is 30.2 Å². The van der Waals surface area contributed by atoms with Gasteiger partial charge in [0, 0.05) is 43.9 Å². The van der Waals surface area contributed by atoms with Gasteiger partial charge in [-0.2, -0.15) is 4.99 Å². The highest BCUT2D eigenvalue weighted by Crippen LogP contribution is 2.29. The van der Waals surface area contributed by atoms with Crippen LogP contribution in [0.2, 0.25) is 0 Å². The fourth-order valence-electron chi connectivity index (χ4n) is 4.08. The lowest BCUT2D eigenvalue weighted by molar-refractivity contribution is -0.121. The number of anilines is 1. The Morgan fingerprint density at radius 1 is 1.22 bits per heavy atom. The third-order valence-electron chi connectivity index (χ3n) is 5.91. The Bertz CT molecular complexity index is 880. The van der Waals surface area contributed by atoms with E-state index < -0.39 is 5.25 Å². The molecule has 0 bridgehead atoms. The molecular weight excluding hydrogens is 424 g/mol. The molecule has 2 unspecified atom stereocenters. The first-order valence-corrected chi connectivity index (χ1v) is 12.3. The third-order valence-corrected chi connectivity index (χ3v) is 7.13. The van der Waals surface area contributed by atoms with Crippen molar-refractivity contribution in [2.75, 3.05) is 25.5 Å². The molecule has 1 aromatic rings. The number of amidine groups is 1. The number of nitrogens with one attached hydrogen (secondary N) is 1. The normalized spacial score (nSPS) is 19.7. The van der Waals surface area contributed by atoms with Crippen LogP contribution < -0.4 is 5.32 Å². The van der Waals surface area contributed by atoms with Crippen LogP contribution in [0.5, 0.6) is 0 Å². The van der Waals surface area contributed by atoms with E-state index in [0.717, 1.165) is 37.5 Å². The van der Waals surface area contributed by atoms with E-state index in [0.29, 0.717) is 17.2 Å². The van der Waals surface area contributed by atoms with Crippen molar-refractivity contribution in [1.29, 1.82) is 0 Å². The van der Waals surface area contributed by atoms with Gasteiger partial charge in [0.2, 0.25) is 5.91 Å². The summed E-state index contributed by atoms with van der Waals surface area (Å²) >= 11 is 1.39. The molecule has 3 amide bonds. The van der Waals surface area contributed by atoms with Gasteiger partial charge in [-0.25, -0.2) is 0 Å². The van der Waals surface area contributed by atoms with Crippen molar-refractivity contribution in [1.82, 2.24) is 9.80 Å². The fourth-order valence-corrected chi connectivity index (χ4v) is 5.20. The summed E-state index contributed by atoms with van der Waals surface area (Å²) in [6.07, 6.45) is 4.42. The predicted molar refractivity (Wildman–Crippen MR) is 130 cm³/mol. The Morgan fingerprint density at radius 2 is 1.94 bits per heavy atom. The summed E-state index contributed by atoms with van der Waals surface area (Å²) in [6, 6.07) is 7.09. The van der Waals surface area contributed by atoms with Gasteiger partial charge in [0.25, 0.3) is 11.8 Å². The van der Waals surface area contributed by atoms with E-state index in [1.807, 2.05) is 14.0 Å². The highest BCUT2D eigenvalue weighted by Gasteiger charge is 2.33. The zero-order chi connectivity index (χ0) is 23.3. The van der Waals surface area contributed by atoms with Gasteiger partial charge in [-0.15, -0.1) is 0 Å². The summed E-state index contributed by atoms with van der Waals surface area (Å²) in [5.41, 5.74) is 1.08. The van der Waals surface area contributed by atoms with Crippen molar-refractivity contribution in [2.24, 2.45) is 10.9 Å². The lowest BCUT2D eigenvalue weighted by Gasteiger charge is -2.27. The van der Waals surface area contributed by atoms with Crippen LogP contribution >= 0.6 is 11.8 Å². The van der Waals surface area contributed by atoms with Crippen molar-refractivity contribution in [2.45, 2.75) is 64.2 Å². The third kappa shape index (κ3) is 6.34. The summed E-state index contributed by atoms with van der Waals surface area (Å²) in [4.78, 5) is 45.8. The number of hydrogen-bond donors (Lipinski definition) is 1. The van der Waals surface area contributed by atoms with E-state index in [2.05, 4.69) is 29.1 Å². The van der Waals surface area contributed by atoms with Crippen LogP contribution in [-0.2, 0) is 9.59 Å². The lowest BCUT2D eigenvalue weighted by atomic mass is 10.0. The first-order chi connectivity index (χ1) is 15.2. The highest BCUT2D eigenvalue weighted by molar-refractivity contribution is 8.15. The zero-order valence-corrected chi connectivity index (χ0v) is 20.3. The number of likely N-dealkylation sites (tertiary alicyclic amines) is 1. The summed E-state index contributed by atoms with van der Waals surface area (Å²) in [7, 11) is 1.81. The Morgan fingerprint density at radius 3 is 2.62 bits per heavy atom. The van der Waals surface area contributed by atoms with Crippen LogP contribution in [0.15, 0.2) is 29.3 Å². The number of carbonyl (C=O) groups is 3. The summed E-state index contributed by atoms with van der Waals surface area (Å²) < 4.78 is 0. The van der Waals surface area contributed by atoms with Gasteiger partial charge in [-0.3, -0.25) is 14.4 Å². The van der Waals surface area contributed by atoms with Crippen molar-refractivity contribution < 1.29 is 14.4 Å². The van der Waals surface area contributed by atoms with Crippen LogP contribution in [-0.4, -0.2) is 64.1 Å². The topological polar surface area (TPSA) is 82.1 Å². The van der Waals surface area contributed by atoms with Crippen LogP contribution in [0, 0.1) is 5.92 Å². The first-order valence-electron chi connectivity index (χ1n) is 11.5. The van der Waals surface area contributed by atoms with Gasteiger partial charge < -0.3 is 15.1 Å². The van der Waals surface area contributed by atoms with Gasteiger partial charge >= 0.3 is 0 Å². The molecular formula is C24H34N4O3S. The number of thioether (sulfide) groups is 1. The maximum Gasteiger partial charge on any atom is 0.262 e. The van der Waals surface area contributed by atoms with Crippen molar-refractivity contribution in [3.8, 4) is 0 Å². The summed E-state index contributed by atoms with van der Waals surface area (Å²) in [5.74, 6) is -0.0655. The second-order valence-corrected chi connectivity index (χ2v) is 10.3. The minimum Gasteiger partial charge on any atom is -0.351 e. The second kappa shape index (κ2) is 11.0. The van der Waals surface area contributed by atoms with Gasteiger partial charge in [0.15, 0.2) is 5.17 Å².